The first-order chi connectivity index (χ1) is 15.6. The Kier molecular flexibility index (Phi) is 6.17. The van der Waals surface area contributed by atoms with Crippen molar-refractivity contribution in [2.24, 2.45) is 0 Å². The maximum absolute atomic E-state index is 12.9. The molecule has 4 aromatic rings. The molecule has 1 atom stereocenters. The molecule has 3 heterocycles. The Hall–Kier alpha value is -3.32. The van der Waals surface area contributed by atoms with Crippen molar-refractivity contribution in [2.75, 3.05) is 0 Å². The van der Waals surface area contributed by atoms with Gasteiger partial charge in [0, 0.05) is 5.38 Å². The van der Waals surface area contributed by atoms with Crippen LogP contribution in [0.4, 0.5) is 13.2 Å². The van der Waals surface area contributed by atoms with Crippen LogP contribution in [-0.2, 0) is 12.7 Å². The minimum Gasteiger partial charge on any atom is -0.346 e. The van der Waals surface area contributed by atoms with Gasteiger partial charge in [0.15, 0.2) is 10.1 Å². The zero-order valence-electron chi connectivity index (χ0n) is 17.3. The molecule has 0 saturated heterocycles. The van der Waals surface area contributed by atoms with Crippen LogP contribution in [0.1, 0.15) is 44.6 Å². The molecule has 33 heavy (non-hydrogen) atoms. The van der Waals surface area contributed by atoms with Crippen LogP contribution in [0.5, 0.6) is 0 Å². The van der Waals surface area contributed by atoms with E-state index < -0.39 is 22.8 Å². The van der Waals surface area contributed by atoms with Crippen LogP contribution in [0.2, 0.25) is 0 Å². The molecule has 0 spiro atoms. The quantitative estimate of drug-likeness (QED) is 0.440. The average molecular weight is 495 g/mol. The molecule has 172 valence electrons. The Balaban J connectivity index is 1.50. The Morgan fingerprint density at radius 3 is 2.61 bits per heavy atom. The maximum atomic E-state index is 12.9. The smallest absolute Gasteiger partial charge is 0.346 e. The van der Waals surface area contributed by atoms with E-state index in [0.717, 1.165) is 16.9 Å². The molecular formula is C20H17F3N6O2S2. The number of carbonyl (C=O) groups excluding carboxylic acids is 1. The third-order valence-electron chi connectivity index (χ3n) is 4.76. The lowest BCUT2D eigenvalue weighted by Gasteiger charge is -2.10. The third kappa shape index (κ3) is 4.73. The van der Waals surface area contributed by atoms with E-state index in [2.05, 4.69) is 20.4 Å². The van der Waals surface area contributed by atoms with Crippen LogP contribution in [0, 0.1) is 6.92 Å². The minimum atomic E-state index is -4.52. The summed E-state index contributed by atoms with van der Waals surface area (Å²) in [6.45, 7) is 3.30. The summed E-state index contributed by atoms with van der Waals surface area (Å²) >= 11 is 1.46. The van der Waals surface area contributed by atoms with E-state index >= 15 is 0 Å². The summed E-state index contributed by atoms with van der Waals surface area (Å²) in [5, 5.41) is 7.27. The number of nitrogens with zero attached hydrogens (tertiary/aromatic N) is 5. The average Bonchev–Trinajstić information content (AvgIpc) is 3.50. The largest absolute Gasteiger partial charge is 0.443 e. The van der Waals surface area contributed by atoms with Crippen LogP contribution in [0.25, 0.3) is 5.13 Å². The van der Waals surface area contributed by atoms with Gasteiger partial charge >= 0.3 is 11.9 Å². The highest BCUT2D eigenvalue weighted by molar-refractivity contribution is 7.16. The lowest BCUT2D eigenvalue weighted by Crippen LogP contribution is -2.26. The van der Waals surface area contributed by atoms with E-state index in [1.165, 1.54) is 21.0 Å². The van der Waals surface area contributed by atoms with Crippen molar-refractivity contribution < 1.29 is 18.0 Å². The number of amides is 1. The van der Waals surface area contributed by atoms with Gasteiger partial charge in [0.25, 0.3) is 5.91 Å². The standard InChI is InChI=1S/C20H17F3N6O2S2/c1-11-15(16(30)24-8-14-9-32-17(27-14)20(21,22)23)33-18(26-11)28-10-25-29(19(28)31)12(2)13-6-4-3-5-7-13/h3-7,9-10,12H,8H2,1-2H3,(H,24,30). The van der Waals surface area contributed by atoms with Gasteiger partial charge in [-0.3, -0.25) is 4.79 Å². The van der Waals surface area contributed by atoms with Crippen LogP contribution >= 0.6 is 22.7 Å². The van der Waals surface area contributed by atoms with Crippen molar-refractivity contribution in [1.82, 2.24) is 29.6 Å². The van der Waals surface area contributed by atoms with Crippen LogP contribution < -0.4 is 11.0 Å². The van der Waals surface area contributed by atoms with Crippen molar-refractivity contribution >= 4 is 28.6 Å². The van der Waals surface area contributed by atoms with Crippen LogP contribution in [0.15, 0.2) is 46.8 Å². The number of aromatic nitrogens is 5. The molecule has 0 fully saturated rings. The molecule has 0 bridgehead atoms. The number of aryl methyl sites for hydroxylation is 1. The molecule has 0 radical (unpaired) electrons. The number of carbonyl (C=O) groups is 1. The number of alkyl halides is 3. The summed E-state index contributed by atoms with van der Waals surface area (Å²) in [7, 11) is 0. The zero-order valence-corrected chi connectivity index (χ0v) is 19.0. The van der Waals surface area contributed by atoms with Gasteiger partial charge in [-0.25, -0.2) is 24.0 Å². The van der Waals surface area contributed by atoms with E-state index in [4.69, 9.17) is 0 Å². The molecule has 0 aliphatic rings. The first kappa shape index (κ1) is 22.9. The number of benzene rings is 1. The predicted octanol–water partition coefficient (Wildman–Crippen LogP) is 3.81. The van der Waals surface area contributed by atoms with Gasteiger partial charge in [0.1, 0.15) is 11.2 Å². The summed E-state index contributed by atoms with van der Waals surface area (Å²) < 4.78 is 40.6. The Bertz CT molecular complexity index is 1340. The summed E-state index contributed by atoms with van der Waals surface area (Å²) in [6, 6.07) is 9.12. The summed E-state index contributed by atoms with van der Waals surface area (Å²) in [6.07, 6.45) is -3.18. The first-order valence-electron chi connectivity index (χ1n) is 9.64. The molecule has 3 aromatic heterocycles. The van der Waals surface area contributed by atoms with Crippen molar-refractivity contribution in [3.8, 4) is 5.13 Å². The SMILES string of the molecule is Cc1nc(-n2cnn(C(C)c3ccccc3)c2=O)sc1C(=O)NCc1csc(C(F)(F)F)n1. The van der Waals surface area contributed by atoms with E-state index in [9.17, 15) is 22.8 Å². The second-order valence-corrected chi connectivity index (χ2v) is 8.89. The van der Waals surface area contributed by atoms with Crippen LogP contribution in [0.3, 0.4) is 0 Å². The lowest BCUT2D eigenvalue weighted by atomic mass is 10.1. The van der Waals surface area contributed by atoms with E-state index in [1.807, 2.05) is 37.3 Å². The fourth-order valence-corrected chi connectivity index (χ4v) is 4.69. The molecule has 8 nitrogen and oxygen atoms in total. The minimum absolute atomic E-state index is 0.107. The summed E-state index contributed by atoms with van der Waals surface area (Å²) in [4.78, 5) is 33.5. The predicted molar refractivity (Wildman–Crippen MR) is 117 cm³/mol. The normalized spacial score (nSPS) is 12.6. The number of halogens is 3. The van der Waals surface area contributed by atoms with Gasteiger partial charge in [-0.15, -0.1) is 11.3 Å². The number of hydrogen-bond acceptors (Lipinski definition) is 7. The van der Waals surface area contributed by atoms with E-state index in [0.29, 0.717) is 17.0 Å². The second kappa shape index (κ2) is 8.90. The highest BCUT2D eigenvalue weighted by Gasteiger charge is 2.34. The fraction of sp³-hybridized carbons (Fsp3) is 0.250. The molecule has 0 aliphatic carbocycles. The third-order valence-corrected chi connectivity index (χ3v) is 6.86. The molecule has 1 unspecified atom stereocenters. The Morgan fingerprint density at radius 2 is 1.94 bits per heavy atom. The molecule has 1 N–H and O–H groups in total. The van der Waals surface area contributed by atoms with E-state index in [1.54, 1.807) is 6.92 Å². The molecule has 0 aliphatic heterocycles. The van der Waals surface area contributed by atoms with Crippen LogP contribution in [-0.4, -0.2) is 30.2 Å². The van der Waals surface area contributed by atoms with Gasteiger partial charge in [0.2, 0.25) is 0 Å². The highest BCUT2D eigenvalue weighted by atomic mass is 32.1. The Labute approximate surface area is 193 Å². The topological polar surface area (TPSA) is 94.7 Å². The fourth-order valence-electron chi connectivity index (χ4n) is 3.05. The molecule has 0 saturated carbocycles. The molecule has 4 rings (SSSR count). The number of rotatable bonds is 6. The molecular weight excluding hydrogens is 477 g/mol. The summed E-state index contributed by atoms with van der Waals surface area (Å²) in [5.41, 5.74) is 0.998. The van der Waals surface area contributed by atoms with Gasteiger partial charge in [0.05, 0.1) is 24.0 Å². The molecule has 1 aromatic carbocycles. The highest BCUT2D eigenvalue weighted by Crippen LogP contribution is 2.31. The molecule has 13 heteroatoms. The van der Waals surface area contributed by atoms with Gasteiger partial charge in [-0.1, -0.05) is 41.7 Å². The van der Waals surface area contributed by atoms with Gasteiger partial charge < -0.3 is 5.32 Å². The monoisotopic (exact) mass is 494 g/mol. The Morgan fingerprint density at radius 1 is 1.21 bits per heavy atom. The zero-order chi connectivity index (χ0) is 23.8. The van der Waals surface area contributed by atoms with Crippen molar-refractivity contribution in [3.63, 3.8) is 0 Å². The van der Waals surface area contributed by atoms with Crippen molar-refractivity contribution in [2.45, 2.75) is 32.6 Å². The van der Waals surface area contributed by atoms with Gasteiger partial charge in [-0.2, -0.15) is 18.3 Å². The van der Waals surface area contributed by atoms with E-state index in [-0.39, 0.29) is 28.3 Å². The molecule has 1 amide bonds. The van der Waals surface area contributed by atoms with Crippen molar-refractivity contribution in [3.05, 3.63) is 79.4 Å². The maximum Gasteiger partial charge on any atom is 0.443 e. The number of hydrogen-bond donors (Lipinski definition) is 1. The number of nitrogens with one attached hydrogen (secondary N) is 1. The second-order valence-electron chi connectivity index (χ2n) is 7.05. The summed E-state index contributed by atoms with van der Waals surface area (Å²) in [5.74, 6) is -0.518. The number of thiazole rings is 2. The van der Waals surface area contributed by atoms with Gasteiger partial charge in [-0.05, 0) is 19.4 Å². The lowest BCUT2D eigenvalue weighted by molar-refractivity contribution is -0.137. The first-order valence-corrected chi connectivity index (χ1v) is 11.3. The van der Waals surface area contributed by atoms with Crippen molar-refractivity contribution in [1.29, 1.82) is 0 Å².